The Labute approximate surface area is 159 Å². The highest BCUT2D eigenvalue weighted by Crippen LogP contribution is 2.42. The standard InChI is InChI=1S/C20H23Cl2NO2/c1-19(2,3)11-7-13(20(4,5)6)17(24)16(8-11)23-12-9-14(21)18(25)15(22)10-12/h7-10,24H,1-6H3. The van der Waals surface area contributed by atoms with Gasteiger partial charge in [0.25, 0.3) is 0 Å². The van der Waals surface area contributed by atoms with Gasteiger partial charge in [0.05, 0.1) is 15.8 Å². The van der Waals surface area contributed by atoms with Crippen molar-refractivity contribution < 1.29 is 9.90 Å². The van der Waals surface area contributed by atoms with E-state index in [9.17, 15) is 9.90 Å². The first kappa shape index (κ1) is 19.7. The Hall–Kier alpha value is -1.58. The summed E-state index contributed by atoms with van der Waals surface area (Å²) >= 11 is 11.8. The van der Waals surface area contributed by atoms with E-state index in [2.05, 4.69) is 25.8 Å². The molecule has 1 aliphatic rings. The SMILES string of the molecule is CC(C)(C)c1cc(N=C2C=C(Cl)C(=O)C(Cl)=C2)c(O)c(C(C)(C)C)c1. The number of nitrogens with zero attached hydrogens (tertiary/aromatic N) is 1. The summed E-state index contributed by atoms with van der Waals surface area (Å²) in [6.07, 6.45) is 2.91. The van der Waals surface area contributed by atoms with Crippen molar-refractivity contribution in [3.8, 4) is 5.75 Å². The molecule has 5 heteroatoms. The Bertz CT molecular complexity index is 795. The lowest BCUT2D eigenvalue weighted by molar-refractivity contribution is -0.111. The number of hydrogen-bond acceptors (Lipinski definition) is 3. The Kier molecular flexibility index (Phi) is 5.23. The molecule has 1 aromatic rings. The van der Waals surface area contributed by atoms with E-state index in [0.29, 0.717) is 11.4 Å². The highest BCUT2D eigenvalue weighted by molar-refractivity contribution is 6.57. The zero-order valence-corrected chi connectivity index (χ0v) is 16.9. The second-order valence-corrected chi connectivity index (χ2v) is 9.06. The van der Waals surface area contributed by atoms with Crippen LogP contribution in [0.3, 0.4) is 0 Å². The minimum Gasteiger partial charge on any atom is -0.505 e. The lowest BCUT2D eigenvalue weighted by atomic mass is 9.80. The molecule has 0 amide bonds. The van der Waals surface area contributed by atoms with Crippen molar-refractivity contribution in [1.29, 1.82) is 0 Å². The van der Waals surface area contributed by atoms with Crippen LogP contribution >= 0.6 is 23.2 Å². The third kappa shape index (κ3) is 4.34. The Balaban J connectivity index is 2.70. The van der Waals surface area contributed by atoms with E-state index < -0.39 is 5.78 Å². The number of rotatable bonds is 1. The van der Waals surface area contributed by atoms with Crippen LogP contribution in [0.4, 0.5) is 5.69 Å². The lowest BCUT2D eigenvalue weighted by Gasteiger charge is -2.26. The summed E-state index contributed by atoms with van der Waals surface area (Å²) in [5, 5.41) is 10.8. The summed E-state index contributed by atoms with van der Waals surface area (Å²) in [7, 11) is 0. The molecule has 3 nitrogen and oxygen atoms in total. The zero-order chi connectivity index (χ0) is 19.2. The molecule has 1 aromatic carbocycles. The molecule has 0 spiro atoms. The molecule has 134 valence electrons. The molecule has 0 bridgehead atoms. The van der Waals surface area contributed by atoms with Crippen LogP contribution in [0.25, 0.3) is 0 Å². The maximum absolute atomic E-state index is 11.7. The van der Waals surface area contributed by atoms with E-state index >= 15 is 0 Å². The normalized spacial score (nSPS) is 15.8. The fraction of sp³-hybridized carbons (Fsp3) is 0.400. The number of hydrogen-bond donors (Lipinski definition) is 1. The van der Waals surface area contributed by atoms with Gasteiger partial charge in [-0.25, -0.2) is 4.99 Å². The second-order valence-electron chi connectivity index (χ2n) is 8.24. The zero-order valence-electron chi connectivity index (χ0n) is 15.4. The molecule has 2 rings (SSSR count). The maximum atomic E-state index is 11.7. The van der Waals surface area contributed by atoms with Gasteiger partial charge in [-0.1, -0.05) is 70.8 Å². The van der Waals surface area contributed by atoms with Crippen LogP contribution < -0.4 is 0 Å². The topological polar surface area (TPSA) is 49.7 Å². The van der Waals surface area contributed by atoms with Crippen molar-refractivity contribution in [2.24, 2.45) is 4.99 Å². The van der Waals surface area contributed by atoms with Crippen LogP contribution in [0.2, 0.25) is 0 Å². The van der Waals surface area contributed by atoms with E-state index in [1.165, 1.54) is 12.2 Å². The van der Waals surface area contributed by atoms with E-state index in [1.54, 1.807) is 0 Å². The van der Waals surface area contributed by atoms with Crippen LogP contribution in [0.1, 0.15) is 52.7 Å². The van der Waals surface area contributed by atoms with Crippen molar-refractivity contribution in [2.45, 2.75) is 52.4 Å². The molecule has 0 fully saturated rings. The summed E-state index contributed by atoms with van der Waals surface area (Å²) in [5.74, 6) is -0.302. The summed E-state index contributed by atoms with van der Waals surface area (Å²) in [6.45, 7) is 12.4. The molecule has 0 unspecified atom stereocenters. The van der Waals surface area contributed by atoms with Gasteiger partial charge in [-0.05, 0) is 34.6 Å². The van der Waals surface area contributed by atoms with E-state index in [0.717, 1.165) is 11.1 Å². The molecule has 1 N–H and O–H groups in total. The van der Waals surface area contributed by atoms with Gasteiger partial charge in [-0.3, -0.25) is 4.79 Å². The third-order valence-electron chi connectivity index (χ3n) is 4.00. The van der Waals surface area contributed by atoms with Crippen LogP contribution in [0.15, 0.2) is 39.3 Å². The number of phenolic OH excluding ortho intramolecular Hbond substituents is 1. The summed E-state index contributed by atoms with van der Waals surface area (Å²) in [5.41, 5.74) is 2.39. The summed E-state index contributed by atoms with van der Waals surface area (Å²) in [4.78, 5) is 16.2. The quantitative estimate of drug-likeness (QED) is 0.618. The lowest BCUT2D eigenvalue weighted by Crippen LogP contribution is -2.16. The number of aromatic hydroxyl groups is 1. The molecular weight excluding hydrogens is 357 g/mol. The van der Waals surface area contributed by atoms with Gasteiger partial charge in [0.15, 0.2) is 0 Å². The molecule has 0 saturated heterocycles. The Morgan fingerprint density at radius 3 is 1.88 bits per heavy atom. The van der Waals surface area contributed by atoms with Gasteiger partial charge in [-0.15, -0.1) is 0 Å². The molecule has 0 aromatic heterocycles. The molecule has 0 heterocycles. The summed E-state index contributed by atoms with van der Waals surface area (Å²) in [6, 6.07) is 3.88. The molecule has 1 aliphatic carbocycles. The number of aliphatic imine (C=N–C) groups is 1. The molecule has 0 atom stereocenters. The number of phenols is 1. The van der Waals surface area contributed by atoms with Gasteiger partial charge in [0, 0.05) is 5.56 Å². The number of carbonyl (C=O) groups excluding carboxylic acids is 1. The van der Waals surface area contributed by atoms with Gasteiger partial charge in [0.1, 0.15) is 11.4 Å². The van der Waals surface area contributed by atoms with Crippen molar-refractivity contribution in [1.82, 2.24) is 0 Å². The first-order valence-corrected chi connectivity index (χ1v) is 8.82. The number of allylic oxidation sites excluding steroid dienone is 4. The first-order chi connectivity index (χ1) is 11.3. The van der Waals surface area contributed by atoms with Crippen molar-refractivity contribution >= 4 is 40.4 Å². The first-order valence-electron chi connectivity index (χ1n) is 8.06. The van der Waals surface area contributed by atoms with E-state index in [4.69, 9.17) is 23.2 Å². The van der Waals surface area contributed by atoms with Crippen LogP contribution in [0.5, 0.6) is 5.75 Å². The molecule has 0 radical (unpaired) electrons. The molecular formula is C20H23Cl2NO2. The number of carbonyl (C=O) groups is 1. The van der Waals surface area contributed by atoms with E-state index in [-0.39, 0.29) is 26.6 Å². The number of ketones is 1. The van der Waals surface area contributed by atoms with Crippen LogP contribution in [-0.2, 0) is 15.6 Å². The molecule has 25 heavy (non-hydrogen) atoms. The van der Waals surface area contributed by atoms with Gasteiger partial charge in [0.2, 0.25) is 5.78 Å². The monoisotopic (exact) mass is 379 g/mol. The van der Waals surface area contributed by atoms with Crippen LogP contribution in [-0.4, -0.2) is 16.6 Å². The van der Waals surface area contributed by atoms with Crippen molar-refractivity contribution in [2.75, 3.05) is 0 Å². The van der Waals surface area contributed by atoms with Gasteiger partial charge >= 0.3 is 0 Å². The van der Waals surface area contributed by atoms with Crippen molar-refractivity contribution in [3.05, 3.63) is 45.5 Å². The molecule has 0 aliphatic heterocycles. The predicted molar refractivity (Wildman–Crippen MR) is 105 cm³/mol. The second kappa shape index (κ2) is 6.62. The summed E-state index contributed by atoms with van der Waals surface area (Å²) < 4.78 is 0. The molecule has 0 saturated carbocycles. The minimum atomic E-state index is -0.426. The van der Waals surface area contributed by atoms with Crippen LogP contribution in [0, 0.1) is 0 Å². The number of Topliss-reactive ketones (excluding diaryl/α,β-unsaturated/α-hetero) is 1. The average Bonchev–Trinajstić information content (AvgIpc) is 2.44. The van der Waals surface area contributed by atoms with Crippen molar-refractivity contribution in [3.63, 3.8) is 0 Å². The fourth-order valence-corrected chi connectivity index (χ4v) is 2.93. The minimum absolute atomic E-state index is 0.00811. The smallest absolute Gasteiger partial charge is 0.215 e. The third-order valence-corrected chi connectivity index (χ3v) is 4.56. The average molecular weight is 380 g/mol. The number of halogens is 2. The predicted octanol–water partition coefficient (Wildman–Crippen LogP) is 5.89. The highest BCUT2D eigenvalue weighted by atomic mass is 35.5. The van der Waals surface area contributed by atoms with Gasteiger partial charge in [-0.2, -0.15) is 0 Å². The fourth-order valence-electron chi connectivity index (χ4n) is 2.46. The number of benzene rings is 1. The Morgan fingerprint density at radius 1 is 0.920 bits per heavy atom. The van der Waals surface area contributed by atoms with E-state index in [1.807, 2.05) is 32.9 Å². The van der Waals surface area contributed by atoms with Gasteiger partial charge < -0.3 is 5.11 Å². The Morgan fingerprint density at radius 2 is 1.44 bits per heavy atom. The maximum Gasteiger partial charge on any atom is 0.215 e. The highest BCUT2D eigenvalue weighted by Gasteiger charge is 2.25. The largest absolute Gasteiger partial charge is 0.505 e.